The number of aliphatic hydroxyl groups is 1. The lowest BCUT2D eigenvalue weighted by molar-refractivity contribution is -0.918. The first kappa shape index (κ1) is 32.7. The van der Waals surface area contributed by atoms with Gasteiger partial charge in [0.25, 0.3) is 11.8 Å². The molecule has 3 aliphatic heterocycles. The van der Waals surface area contributed by atoms with E-state index in [4.69, 9.17) is 4.74 Å². The summed E-state index contributed by atoms with van der Waals surface area (Å²) in [6, 6.07) is 18.9. The minimum atomic E-state index is -1.42. The number of hydrogen-bond acceptors (Lipinski definition) is 7. The number of amides is 4. The summed E-state index contributed by atoms with van der Waals surface area (Å²) in [5, 5.41) is 31.0. The molecule has 0 aromatic heterocycles. The van der Waals surface area contributed by atoms with Gasteiger partial charge in [0, 0.05) is 17.1 Å². The smallest absolute Gasteiger partial charge is 0.258 e. The van der Waals surface area contributed by atoms with Crippen LogP contribution in [0.3, 0.4) is 0 Å². The number of nitrogens with one attached hydrogen (secondary N) is 3. The standard InChI is InChI=1S/C38H39N3O7/c1-21-7-11-23(12-8-21)29-33(42)31(37(46)39-35(29)44)28(25-15-16-27(48-3)26(19-25)20-41-17-5-4-6-18-41)32-34(43)30(36(45)40-38(32)47)24-13-9-22(2)10-14-24/h7-16,19,28-30,42-43H,4-6,17-18,20H2,1-3H3,(H,39,44,46)(H,40,45,47). The lowest BCUT2D eigenvalue weighted by Gasteiger charge is -2.37. The molecular weight excluding hydrogens is 610 g/mol. The summed E-state index contributed by atoms with van der Waals surface area (Å²) < 4.78 is 5.70. The van der Waals surface area contributed by atoms with Crippen LogP contribution in [0.2, 0.25) is 0 Å². The Morgan fingerprint density at radius 2 is 1.33 bits per heavy atom. The third kappa shape index (κ3) is 6.23. The van der Waals surface area contributed by atoms with E-state index >= 15 is 0 Å². The number of carbonyl (C=O) groups excluding carboxylic acids is 4. The summed E-state index contributed by atoms with van der Waals surface area (Å²) in [4.78, 5) is 55.4. The quantitative estimate of drug-likeness (QED) is 0.274. The van der Waals surface area contributed by atoms with Crippen LogP contribution in [0.15, 0.2) is 89.4 Å². The second-order valence-electron chi connectivity index (χ2n) is 12.9. The number of piperidine rings is 1. The second-order valence-corrected chi connectivity index (χ2v) is 12.9. The predicted octanol–water partition coefficient (Wildman–Crippen LogP) is 2.27. The second kappa shape index (κ2) is 13.5. The highest BCUT2D eigenvalue weighted by Gasteiger charge is 2.44. The van der Waals surface area contributed by atoms with Crippen molar-refractivity contribution in [3.63, 3.8) is 0 Å². The van der Waals surface area contributed by atoms with Crippen molar-refractivity contribution in [1.29, 1.82) is 0 Å². The van der Waals surface area contributed by atoms with Gasteiger partial charge in [-0.1, -0.05) is 65.7 Å². The van der Waals surface area contributed by atoms with E-state index < -0.39 is 52.9 Å². The highest BCUT2D eigenvalue weighted by Crippen LogP contribution is 2.44. The van der Waals surface area contributed by atoms with Gasteiger partial charge in [-0.15, -0.1) is 5.76 Å². The van der Waals surface area contributed by atoms with E-state index in [1.54, 1.807) is 73.8 Å². The van der Waals surface area contributed by atoms with Gasteiger partial charge in [-0.05, 0) is 61.9 Å². The van der Waals surface area contributed by atoms with E-state index in [2.05, 4.69) is 10.6 Å². The normalized spacial score (nSPS) is 21.2. The maximum Gasteiger partial charge on any atom is 0.258 e. The SMILES string of the molecule is COc1ccc(C(C2=C([O-])C(c3ccc(C)cc3)C(=O)NC2=O)C2=C(O)C(c3ccc(C)cc3)C(=O)NC2=O)cc1C[NH+]1CCCCC1. The maximum absolute atomic E-state index is 14.4. The molecule has 3 unspecified atom stereocenters. The van der Waals surface area contributed by atoms with Gasteiger partial charge in [0.05, 0.1) is 31.7 Å². The van der Waals surface area contributed by atoms with Crippen molar-refractivity contribution in [2.24, 2.45) is 0 Å². The van der Waals surface area contributed by atoms with Gasteiger partial charge in [0.2, 0.25) is 11.8 Å². The number of benzene rings is 3. The van der Waals surface area contributed by atoms with E-state index in [0.29, 0.717) is 29.0 Å². The predicted molar refractivity (Wildman–Crippen MR) is 175 cm³/mol. The van der Waals surface area contributed by atoms with Gasteiger partial charge >= 0.3 is 0 Å². The van der Waals surface area contributed by atoms with Crippen LogP contribution in [0.5, 0.6) is 5.75 Å². The Morgan fingerprint density at radius 3 is 1.92 bits per heavy atom. The molecule has 0 saturated carbocycles. The van der Waals surface area contributed by atoms with Gasteiger partial charge < -0.3 is 19.8 Å². The van der Waals surface area contributed by atoms with Gasteiger partial charge in [-0.25, -0.2) is 0 Å². The van der Waals surface area contributed by atoms with E-state index in [1.807, 2.05) is 13.8 Å². The van der Waals surface area contributed by atoms with Crippen LogP contribution >= 0.6 is 0 Å². The van der Waals surface area contributed by atoms with Gasteiger partial charge in [0.15, 0.2) is 0 Å². The molecular formula is C38H39N3O7. The number of aliphatic hydroxyl groups excluding tert-OH is 1. The zero-order chi connectivity index (χ0) is 34.1. The van der Waals surface area contributed by atoms with Crippen molar-refractivity contribution in [1.82, 2.24) is 10.6 Å². The van der Waals surface area contributed by atoms with Crippen LogP contribution in [0.25, 0.3) is 0 Å². The van der Waals surface area contributed by atoms with Crippen molar-refractivity contribution >= 4 is 23.6 Å². The number of quaternary nitrogens is 1. The van der Waals surface area contributed by atoms with E-state index in [0.717, 1.165) is 42.6 Å². The van der Waals surface area contributed by atoms with Gasteiger partial charge in [-0.3, -0.25) is 29.8 Å². The Morgan fingerprint density at radius 1 is 0.792 bits per heavy atom. The highest BCUT2D eigenvalue weighted by atomic mass is 16.5. The first-order valence-corrected chi connectivity index (χ1v) is 16.2. The van der Waals surface area contributed by atoms with Crippen molar-refractivity contribution in [3.05, 3.63) is 123 Å². The number of rotatable bonds is 8. The fraction of sp³-hybridized carbons (Fsp3) is 0.316. The topological polar surface area (TPSA) is 149 Å². The number of imide groups is 2. The zero-order valence-electron chi connectivity index (χ0n) is 27.2. The van der Waals surface area contributed by atoms with Crippen molar-refractivity contribution in [2.75, 3.05) is 20.2 Å². The summed E-state index contributed by atoms with van der Waals surface area (Å²) in [6.07, 6.45) is 3.36. The number of methoxy groups -OCH3 is 1. The number of ether oxygens (including phenoxy) is 1. The average molecular weight is 650 g/mol. The average Bonchev–Trinajstić information content (AvgIpc) is 3.06. The molecule has 10 nitrogen and oxygen atoms in total. The number of hydrogen-bond donors (Lipinski definition) is 4. The molecule has 3 heterocycles. The largest absolute Gasteiger partial charge is 0.874 e. The van der Waals surface area contributed by atoms with Crippen LogP contribution in [0.1, 0.15) is 70.4 Å². The molecule has 6 rings (SSSR count). The number of aryl methyl sites for hydroxylation is 2. The van der Waals surface area contributed by atoms with Crippen molar-refractivity contribution in [2.45, 2.75) is 57.4 Å². The van der Waals surface area contributed by atoms with Crippen LogP contribution in [0.4, 0.5) is 0 Å². The lowest BCUT2D eigenvalue weighted by atomic mass is 9.75. The summed E-state index contributed by atoms with van der Waals surface area (Å²) >= 11 is 0. The minimum Gasteiger partial charge on any atom is -0.874 e. The number of likely N-dealkylation sites (tertiary alicyclic amines) is 1. The Hall–Kier alpha value is -5.22. The first-order valence-electron chi connectivity index (χ1n) is 16.2. The van der Waals surface area contributed by atoms with Gasteiger partial charge in [0.1, 0.15) is 24.0 Å². The summed E-state index contributed by atoms with van der Waals surface area (Å²) in [6.45, 7) is 6.31. The molecule has 0 bridgehead atoms. The van der Waals surface area contributed by atoms with Crippen LogP contribution in [0, 0.1) is 13.8 Å². The summed E-state index contributed by atoms with van der Waals surface area (Å²) in [5.41, 5.74) is 3.15. The zero-order valence-corrected chi connectivity index (χ0v) is 27.2. The Bertz CT molecular complexity index is 1740. The Balaban J connectivity index is 1.58. The van der Waals surface area contributed by atoms with E-state index in [-0.39, 0.29) is 11.1 Å². The van der Waals surface area contributed by atoms with Crippen molar-refractivity contribution in [3.8, 4) is 5.75 Å². The lowest BCUT2D eigenvalue weighted by Crippen LogP contribution is -3.11. The molecule has 3 aromatic rings. The fourth-order valence-corrected chi connectivity index (χ4v) is 7.06. The third-order valence-electron chi connectivity index (χ3n) is 9.60. The molecule has 4 amide bonds. The molecule has 0 radical (unpaired) electrons. The summed E-state index contributed by atoms with van der Waals surface area (Å²) in [5.74, 6) is -8.19. The Kier molecular flexibility index (Phi) is 9.19. The van der Waals surface area contributed by atoms with E-state index in [9.17, 15) is 29.4 Å². The molecule has 48 heavy (non-hydrogen) atoms. The molecule has 3 aliphatic rings. The Labute approximate surface area is 279 Å². The molecule has 248 valence electrons. The van der Waals surface area contributed by atoms with Crippen LogP contribution in [-0.4, -0.2) is 48.9 Å². The van der Waals surface area contributed by atoms with Crippen molar-refractivity contribution < 1.29 is 39.0 Å². The molecule has 4 N–H and O–H groups in total. The molecule has 10 heteroatoms. The number of carbonyl (C=O) groups is 4. The van der Waals surface area contributed by atoms with Crippen LogP contribution in [-0.2, 0) is 25.7 Å². The first-order chi connectivity index (χ1) is 23.1. The van der Waals surface area contributed by atoms with Gasteiger partial charge in [-0.2, -0.15) is 0 Å². The minimum absolute atomic E-state index is 0.308. The molecule has 3 atom stereocenters. The maximum atomic E-state index is 14.4. The molecule has 0 aliphatic carbocycles. The molecule has 1 saturated heterocycles. The van der Waals surface area contributed by atoms with Crippen LogP contribution < -0.4 is 25.4 Å². The van der Waals surface area contributed by atoms with E-state index in [1.165, 1.54) is 11.3 Å². The third-order valence-corrected chi connectivity index (χ3v) is 9.60. The molecule has 1 fully saturated rings. The summed E-state index contributed by atoms with van der Waals surface area (Å²) in [7, 11) is 1.56. The highest BCUT2D eigenvalue weighted by molar-refractivity contribution is 6.16. The molecule has 3 aromatic carbocycles. The molecule has 0 spiro atoms. The monoisotopic (exact) mass is 649 g/mol. The fourth-order valence-electron chi connectivity index (χ4n) is 7.06.